The van der Waals surface area contributed by atoms with Crippen molar-refractivity contribution in [3.05, 3.63) is 30.0 Å². The average molecular weight is 313 g/mol. The van der Waals surface area contributed by atoms with E-state index in [1.54, 1.807) is 32.9 Å². The average Bonchev–Trinajstić information content (AvgIpc) is 2.34. The highest BCUT2D eigenvalue weighted by Gasteiger charge is 2.37. The van der Waals surface area contributed by atoms with Gasteiger partial charge in [0.05, 0.1) is 11.0 Å². The van der Waals surface area contributed by atoms with E-state index in [0.717, 1.165) is 0 Å². The highest BCUT2D eigenvalue weighted by atomic mass is 19.4. The maximum atomic E-state index is 13.1. The topological polar surface area (TPSA) is 64.1 Å². The molecule has 0 saturated carbocycles. The van der Waals surface area contributed by atoms with Crippen molar-refractivity contribution in [2.24, 2.45) is 0 Å². The molecular formula is C14H14F3N3O2. The summed E-state index contributed by atoms with van der Waals surface area (Å²) in [5.41, 5.74) is -1.78. The summed E-state index contributed by atoms with van der Waals surface area (Å²) in [6, 6.07) is 6.08. The fraction of sp³-hybridized carbons (Fsp3) is 0.357. The van der Waals surface area contributed by atoms with Crippen molar-refractivity contribution >= 4 is 22.9 Å². The maximum absolute atomic E-state index is 13.1. The fourth-order valence-electron chi connectivity index (χ4n) is 1.69. The van der Waals surface area contributed by atoms with Crippen LogP contribution < -0.4 is 5.32 Å². The summed E-state index contributed by atoms with van der Waals surface area (Å²) in [4.78, 5) is 19.0. The van der Waals surface area contributed by atoms with Crippen molar-refractivity contribution in [2.75, 3.05) is 5.32 Å². The van der Waals surface area contributed by atoms with Crippen LogP contribution in [-0.2, 0) is 10.9 Å². The Balaban J connectivity index is 2.44. The molecule has 0 radical (unpaired) electrons. The van der Waals surface area contributed by atoms with Crippen molar-refractivity contribution in [1.82, 2.24) is 9.97 Å². The van der Waals surface area contributed by atoms with E-state index in [-0.39, 0.29) is 11.0 Å². The third kappa shape index (κ3) is 3.84. The molecule has 0 aliphatic rings. The number of rotatable bonds is 1. The van der Waals surface area contributed by atoms with Gasteiger partial charge in [-0.15, -0.1) is 0 Å². The van der Waals surface area contributed by atoms with E-state index in [1.807, 2.05) is 5.32 Å². The predicted octanol–water partition coefficient (Wildman–Crippen LogP) is 4.00. The third-order valence-electron chi connectivity index (χ3n) is 2.46. The summed E-state index contributed by atoms with van der Waals surface area (Å²) >= 11 is 0. The Morgan fingerprint density at radius 3 is 2.14 bits per heavy atom. The Morgan fingerprint density at radius 2 is 1.64 bits per heavy atom. The number of hydrogen-bond donors (Lipinski definition) is 1. The summed E-state index contributed by atoms with van der Waals surface area (Å²) < 4.78 is 44.1. The summed E-state index contributed by atoms with van der Waals surface area (Å²) in [5, 5.41) is 2.01. The summed E-state index contributed by atoms with van der Waals surface area (Å²) in [6.45, 7) is 4.80. The molecule has 0 aliphatic heterocycles. The van der Waals surface area contributed by atoms with Crippen LogP contribution in [0, 0.1) is 0 Å². The van der Waals surface area contributed by atoms with Gasteiger partial charge in [0.1, 0.15) is 5.60 Å². The van der Waals surface area contributed by atoms with Crippen LogP contribution in [0.3, 0.4) is 0 Å². The minimum absolute atomic E-state index is 0.0876. The standard InChI is InChI=1S/C14H14F3N3O2/c1-13(2,3)22-12(21)20-11-10(14(15,16)17)18-8-6-4-5-7-9(8)19-11/h4-7H,1-3H3,(H,19,20,21). The molecule has 0 fully saturated rings. The fourth-order valence-corrected chi connectivity index (χ4v) is 1.69. The number of nitrogens with one attached hydrogen (secondary N) is 1. The number of amides is 1. The largest absolute Gasteiger partial charge is 0.444 e. The molecule has 118 valence electrons. The zero-order valence-corrected chi connectivity index (χ0v) is 12.2. The lowest BCUT2D eigenvalue weighted by molar-refractivity contribution is -0.140. The smallest absolute Gasteiger partial charge is 0.437 e. The molecule has 8 heteroatoms. The summed E-state index contributed by atoms with van der Waals surface area (Å²) in [5.74, 6) is -0.680. The number of para-hydroxylation sites is 2. The van der Waals surface area contributed by atoms with Crippen LogP contribution in [-0.4, -0.2) is 21.7 Å². The monoisotopic (exact) mass is 313 g/mol. The molecule has 2 aromatic rings. The second kappa shape index (κ2) is 5.43. The number of aromatic nitrogens is 2. The van der Waals surface area contributed by atoms with Gasteiger partial charge in [-0.2, -0.15) is 13.2 Å². The predicted molar refractivity (Wildman–Crippen MR) is 74.4 cm³/mol. The van der Waals surface area contributed by atoms with E-state index in [9.17, 15) is 18.0 Å². The van der Waals surface area contributed by atoms with Crippen molar-refractivity contribution in [3.8, 4) is 0 Å². The molecule has 1 aromatic heterocycles. The van der Waals surface area contributed by atoms with Crippen molar-refractivity contribution in [3.63, 3.8) is 0 Å². The molecule has 0 aliphatic carbocycles. The Labute approximate surface area is 124 Å². The Morgan fingerprint density at radius 1 is 1.09 bits per heavy atom. The van der Waals surface area contributed by atoms with Gasteiger partial charge in [-0.3, -0.25) is 5.32 Å². The van der Waals surface area contributed by atoms with E-state index in [0.29, 0.717) is 0 Å². The molecular weight excluding hydrogens is 299 g/mol. The van der Waals surface area contributed by atoms with Crippen LogP contribution in [0.2, 0.25) is 0 Å². The molecule has 2 rings (SSSR count). The third-order valence-corrected chi connectivity index (χ3v) is 2.46. The Kier molecular flexibility index (Phi) is 3.95. The summed E-state index contributed by atoms with van der Waals surface area (Å²) in [6.07, 6.45) is -5.77. The SMILES string of the molecule is CC(C)(C)OC(=O)Nc1nc2ccccc2nc1C(F)(F)F. The van der Waals surface area contributed by atoms with Crippen LogP contribution in [0.5, 0.6) is 0 Å². The van der Waals surface area contributed by atoms with E-state index in [1.165, 1.54) is 12.1 Å². The number of halogens is 3. The van der Waals surface area contributed by atoms with Crippen LogP contribution in [0.15, 0.2) is 24.3 Å². The van der Waals surface area contributed by atoms with Gasteiger partial charge in [-0.1, -0.05) is 12.1 Å². The second-order valence-corrected chi connectivity index (χ2v) is 5.53. The van der Waals surface area contributed by atoms with E-state index in [4.69, 9.17) is 4.74 Å². The number of anilines is 1. The van der Waals surface area contributed by atoms with Gasteiger partial charge in [0.25, 0.3) is 0 Å². The number of fused-ring (bicyclic) bond motifs is 1. The van der Waals surface area contributed by atoms with Gasteiger partial charge in [0, 0.05) is 0 Å². The van der Waals surface area contributed by atoms with E-state index >= 15 is 0 Å². The van der Waals surface area contributed by atoms with Gasteiger partial charge in [-0.05, 0) is 32.9 Å². The van der Waals surface area contributed by atoms with Crippen molar-refractivity contribution < 1.29 is 22.7 Å². The Bertz CT molecular complexity index is 709. The molecule has 1 amide bonds. The molecule has 1 aromatic carbocycles. The Hall–Kier alpha value is -2.38. The van der Waals surface area contributed by atoms with Crippen LogP contribution in [0.4, 0.5) is 23.8 Å². The lowest BCUT2D eigenvalue weighted by Crippen LogP contribution is -2.28. The van der Waals surface area contributed by atoms with Crippen molar-refractivity contribution in [2.45, 2.75) is 32.5 Å². The molecule has 0 spiro atoms. The second-order valence-electron chi connectivity index (χ2n) is 5.53. The molecule has 5 nitrogen and oxygen atoms in total. The first kappa shape index (κ1) is 16.0. The van der Waals surface area contributed by atoms with Gasteiger partial charge in [0.15, 0.2) is 11.5 Å². The summed E-state index contributed by atoms with van der Waals surface area (Å²) in [7, 11) is 0. The minimum Gasteiger partial charge on any atom is -0.444 e. The maximum Gasteiger partial charge on any atom is 0.437 e. The van der Waals surface area contributed by atoms with Gasteiger partial charge < -0.3 is 4.74 Å². The molecule has 22 heavy (non-hydrogen) atoms. The van der Waals surface area contributed by atoms with E-state index in [2.05, 4.69) is 9.97 Å². The number of ether oxygens (including phenoxy) is 1. The number of carbonyl (C=O) groups excluding carboxylic acids is 1. The quantitative estimate of drug-likeness (QED) is 0.864. The minimum atomic E-state index is -4.75. The first-order valence-electron chi connectivity index (χ1n) is 6.40. The molecule has 0 bridgehead atoms. The van der Waals surface area contributed by atoms with Gasteiger partial charge in [-0.25, -0.2) is 14.8 Å². The highest BCUT2D eigenvalue weighted by molar-refractivity contribution is 5.86. The molecule has 0 saturated heterocycles. The molecule has 0 atom stereocenters. The molecule has 1 heterocycles. The van der Waals surface area contributed by atoms with Crippen molar-refractivity contribution in [1.29, 1.82) is 0 Å². The molecule has 1 N–H and O–H groups in total. The first-order chi connectivity index (χ1) is 10.1. The van der Waals surface area contributed by atoms with Crippen LogP contribution in [0.25, 0.3) is 11.0 Å². The zero-order chi connectivity index (χ0) is 16.5. The number of carbonyl (C=O) groups is 1. The zero-order valence-electron chi connectivity index (χ0n) is 12.2. The van der Waals surface area contributed by atoms with Gasteiger partial charge >= 0.3 is 12.3 Å². The number of alkyl halides is 3. The lowest BCUT2D eigenvalue weighted by Gasteiger charge is -2.20. The van der Waals surface area contributed by atoms with Crippen LogP contribution in [0.1, 0.15) is 26.5 Å². The highest BCUT2D eigenvalue weighted by Crippen LogP contribution is 2.33. The number of hydrogen-bond acceptors (Lipinski definition) is 4. The first-order valence-corrected chi connectivity index (χ1v) is 6.40. The number of nitrogens with zero attached hydrogens (tertiary/aromatic N) is 2. The van der Waals surface area contributed by atoms with E-state index < -0.39 is 29.4 Å². The van der Waals surface area contributed by atoms with Gasteiger partial charge in [0.2, 0.25) is 0 Å². The molecule has 0 unspecified atom stereocenters. The lowest BCUT2D eigenvalue weighted by atomic mass is 10.2. The van der Waals surface area contributed by atoms with Crippen LogP contribution >= 0.6 is 0 Å². The normalized spacial score (nSPS) is 12.3. The number of benzene rings is 1.